The first kappa shape index (κ1) is 18.2. The highest BCUT2D eigenvalue weighted by Gasteiger charge is 2.26. The normalized spacial score (nSPS) is 14.7. The van der Waals surface area contributed by atoms with Gasteiger partial charge in [-0.2, -0.15) is 0 Å². The molecule has 1 aromatic carbocycles. The fraction of sp³-hybridized carbons (Fsp3) is 0.211. The second-order valence-electron chi connectivity index (χ2n) is 5.29. The lowest BCUT2D eigenvalue weighted by atomic mass is 10.1. The second kappa shape index (κ2) is 8.22. The minimum atomic E-state index is -0.624. The molecule has 0 N–H and O–H groups in total. The third kappa shape index (κ3) is 4.17. The number of ether oxygens (including phenoxy) is 4. The Labute approximate surface area is 155 Å². The zero-order valence-corrected chi connectivity index (χ0v) is 14.8. The molecule has 0 unspecified atom stereocenters. The van der Waals surface area contributed by atoms with Crippen LogP contribution < -0.4 is 9.47 Å². The van der Waals surface area contributed by atoms with Crippen LogP contribution in [0, 0.1) is 0 Å². The molecular formula is C19H17NO7. The van der Waals surface area contributed by atoms with Crippen LogP contribution in [0.1, 0.15) is 18.2 Å². The highest BCUT2D eigenvalue weighted by atomic mass is 16.6. The third-order valence-electron chi connectivity index (χ3n) is 3.51. The van der Waals surface area contributed by atoms with Gasteiger partial charge in [0.25, 0.3) is 5.90 Å². The number of hydrogen-bond donors (Lipinski definition) is 0. The van der Waals surface area contributed by atoms with E-state index in [1.165, 1.54) is 19.4 Å². The first-order valence-electron chi connectivity index (χ1n) is 8.14. The Morgan fingerprint density at radius 2 is 2.11 bits per heavy atom. The minimum absolute atomic E-state index is 0.0654. The van der Waals surface area contributed by atoms with Gasteiger partial charge in [-0.1, -0.05) is 12.1 Å². The fourth-order valence-corrected chi connectivity index (χ4v) is 2.36. The summed E-state index contributed by atoms with van der Waals surface area (Å²) in [6.45, 7) is 1.66. The van der Waals surface area contributed by atoms with Crippen molar-refractivity contribution < 1.29 is 33.0 Å². The maximum absolute atomic E-state index is 12.1. The van der Waals surface area contributed by atoms with E-state index in [1.807, 2.05) is 0 Å². The second-order valence-corrected chi connectivity index (χ2v) is 5.29. The number of carbonyl (C=O) groups excluding carboxylic acids is 2. The molecular weight excluding hydrogens is 354 g/mol. The number of hydrogen-bond acceptors (Lipinski definition) is 8. The van der Waals surface area contributed by atoms with Crippen molar-refractivity contribution in [1.82, 2.24) is 0 Å². The molecule has 0 amide bonds. The lowest BCUT2D eigenvalue weighted by Gasteiger charge is -2.12. The molecule has 0 aliphatic carbocycles. The van der Waals surface area contributed by atoms with Gasteiger partial charge in [0.05, 0.1) is 20.0 Å². The molecule has 0 radical (unpaired) electrons. The van der Waals surface area contributed by atoms with E-state index in [2.05, 4.69) is 4.99 Å². The van der Waals surface area contributed by atoms with Gasteiger partial charge in [-0.25, -0.2) is 14.6 Å². The zero-order valence-electron chi connectivity index (χ0n) is 14.8. The summed E-state index contributed by atoms with van der Waals surface area (Å²) in [6, 6.07) is 8.39. The highest BCUT2D eigenvalue weighted by Crippen LogP contribution is 2.33. The van der Waals surface area contributed by atoms with Crippen LogP contribution in [0.15, 0.2) is 51.7 Å². The summed E-state index contributed by atoms with van der Waals surface area (Å²) >= 11 is 0. The number of para-hydroxylation sites is 1. The number of esters is 2. The summed E-state index contributed by atoms with van der Waals surface area (Å²) in [4.78, 5) is 27.8. The summed E-state index contributed by atoms with van der Waals surface area (Å²) in [5.74, 6) is -0.0319. The Hall–Kier alpha value is -3.55. The molecule has 3 rings (SSSR count). The molecule has 0 fully saturated rings. The molecule has 2 aromatic rings. The van der Waals surface area contributed by atoms with Gasteiger partial charge < -0.3 is 23.4 Å². The SMILES string of the molecule is CCOC(=O)COc1c(C=C2N=C(c3ccco3)OC2=O)cccc1OC. The first-order chi connectivity index (χ1) is 13.1. The average Bonchev–Trinajstić information content (AvgIpc) is 3.31. The number of aliphatic imine (C=N–C) groups is 1. The van der Waals surface area contributed by atoms with Crippen molar-refractivity contribution in [2.45, 2.75) is 6.92 Å². The predicted molar refractivity (Wildman–Crippen MR) is 94.4 cm³/mol. The van der Waals surface area contributed by atoms with Crippen LogP contribution in [0.25, 0.3) is 6.08 Å². The molecule has 1 aliphatic rings. The smallest absolute Gasteiger partial charge is 0.363 e. The molecule has 140 valence electrons. The van der Waals surface area contributed by atoms with E-state index in [0.717, 1.165) is 0 Å². The van der Waals surface area contributed by atoms with Crippen LogP contribution in [0.2, 0.25) is 0 Å². The molecule has 0 saturated carbocycles. The lowest BCUT2D eigenvalue weighted by Crippen LogP contribution is -2.15. The Balaban J connectivity index is 1.90. The first-order valence-corrected chi connectivity index (χ1v) is 8.14. The molecule has 0 bridgehead atoms. The number of rotatable bonds is 7. The molecule has 27 heavy (non-hydrogen) atoms. The van der Waals surface area contributed by atoms with Gasteiger partial charge in [0, 0.05) is 5.56 Å². The monoisotopic (exact) mass is 371 g/mol. The van der Waals surface area contributed by atoms with E-state index in [1.54, 1.807) is 37.3 Å². The Kier molecular flexibility index (Phi) is 5.55. The van der Waals surface area contributed by atoms with Gasteiger partial charge in [0.1, 0.15) is 0 Å². The topological polar surface area (TPSA) is 96.6 Å². The van der Waals surface area contributed by atoms with Crippen LogP contribution in [0.3, 0.4) is 0 Å². The number of methoxy groups -OCH3 is 1. The molecule has 1 aliphatic heterocycles. The molecule has 0 spiro atoms. The van der Waals surface area contributed by atoms with Crippen molar-refractivity contribution in [2.75, 3.05) is 20.3 Å². The van der Waals surface area contributed by atoms with Crippen LogP contribution in [-0.2, 0) is 19.1 Å². The number of benzene rings is 1. The molecule has 8 heteroatoms. The van der Waals surface area contributed by atoms with E-state index in [0.29, 0.717) is 17.1 Å². The number of carbonyl (C=O) groups is 2. The van der Waals surface area contributed by atoms with Gasteiger partial charge in [-0.15, -0.1) is 0 Å². The van der Waals surface area contributed by atoms with E-state index in [-0.39, 0.29) is 30.6 Å². The van der Waals surface area contributed by atoms with Crippen LogP contribution in [-0.4, -0.2) is 38.2 Å². The summed E-state index contributed by atoms with van der Waals surface area (Å²) < 4.78 is 26.0. The van der Waals surface area contributed by atoms with Crippen molar-refractivity contribution in [3.05, 3.63) is 53.6 Å². The van der Waals surface area contributed by atoms with E-state index in [9.17, 15) is 9.59 Å². The summed E-state index contributed by atoms with van der Waals surface area (Å²) in [5, 5.41) is 0. The Morgan fingerprint density at radius 3 is 2.81 bits per heavy atom. The Bertz CT molecular complexity index is 897. The van der Waals surface area contributed by atoms with Crippen molar-refractivity contribution >= 4 is 23.9 Å². The van der Waals surface area contributed by atoms with Gasteiger partial charge in [0.15, 0.2) is 29.6 Å². The van der Waals surface area contributed by atoms with Gasteiger partial charge in [-0.3, -0.25) is 0 Å². The maximum atomic E-state index is 12.1. The summed E-state index contributed by atoms with van der Waals surface area (Å²) in [6.07, 6.45) is 2.94. The standard InChI is InChI=1S/C19H17NO7/c1-3-24-16(21)11-26-17-12(6-4-7-14(17)23-2)10-13-19(22)27-18(20-13)15-8-5-9-25-15/h4-10H,3,11H2,1-2H3. The van der Waals surface area contributed by atoms with E-state index in [4.69, 9.17) is 23.4 Å². The lowest BCUT2D eigenvalue weighted by molar-refractivity contribution is -0.145. The van der Waals surface area contributed by atoms with Crippen molar-refractivity contribution in [3.8, 4) is 11.5 Å². The minimum Gasteiger partial charge on any atom is -0.493 e. The van der Waals surface area contributed by atoms with Gasteiger partial charge in [-0.05, 0) is 31.2 Å². The third-order valence-corrected chi connectivity index (χ3v) is 3.51. The maximum Gasteiger partial charge on any atom is 0.363 e. The number of furan rings is 1. The van der Waals surface area contributed by atoms with Crippen molar-refractivity contribution in [2.24, 2.45) is 4.99 Å². The van der Waals surface area contributed by atoms with Crippen LogP contribution >= 0.6 is 0 Å². The predicted octanol–water partition coefficient (Wildman–Crippen LogP) is 2.57. The highest BCUT2D eigenvalue weighted by molar-refractivity contribution is 6.12. The molecule has 8 nitrogen and oxygen atoms in total. The van der Waals surface area contributed by atoms with E-state index < -0.39 is 11.9 Å². The Morgan fingerprint density at radius 1 is 1.26 bits per heavy atom. The summed E-state index contributed by atoms with van der Waals surface area (Å²) in [7, 11) is 1.47. The van der Waals surface area contributed by atoms with Gasteiger partial charge >= 0.3 is 11.9 Å². The molecule has 2 heterocycles. The summed E-state index contributed by atoms with van der Waals surface area (Å²) in [5.41, 5.74) is 0.561. The number of cyclic esters (lactones) is 1. The van der Waals surface area contributed by atoms with Gasteiger partial charge in [0.2, 0.25) is 0 Å². The number of nitrogens with zero attached hydrogens (tertiary/aromatic N) is 1. The quantitative estimate of drug-likeness (QED) is 0.545. The molecule has 1 aromatic heterocycles. The molecule has 0 atom stereocenters. The van der Waals surface area contributed by atoms with Crippen LogP contribution in [0.4, 0.5) is 0 Å². The van der Waals surface area contributed by atoms with Crippen LogP contribution in [0.5, 0.6) is 11.5 Å². The largest absolute Gasteiger partial charge is 0.493 e. The fourth-order valence-electron chi connectivity index (χ4n) is 2.36. The zero-order chi connectivity index (χ0) is 19.2. The molecule has 0 saturated heterocycles. The van der Waals surface area contributed by atoms with Crippen molar-refractivity contribution in [1.29, 1.82) is 0 Å². The average molecular weight is 371 g/mol. The van der Waals surface area contributed by atoms with E-state index >= 15 is 0 Å². The van der Waals surface area contributed by atoms with Crippen molar-refractivity contribution in [3.63, 3.8) is 0 Å².